The molecule has 0 unspecified atom stereocenters. The molecule has 1 aliphatic rings. The van der Waals surface area contributed by atoms with Crippen molar-refractivity contribution in [3.05, 3.63) is 64.1 Å². The van der Waals surface area contributed by atoms with Crippen molar-refractivity contribution in [2.45, 2.75) is 37.3 Å². The van der Waals surface area contributed by atoms with Gasteiger partial charge < -0.3 is 10.2 Å². The molecule has 1 fully saturated rings. The summed E-state index contributed by atoms with van der Waals surface area (Å²) >= 11 is 3.35. The molecule has 2 aromatic rings. The van der Waals surface area contributed by atoms with E-state index in [0.717, 1.165) is 25.0 Å². The first-order chi connectivity index (χ1) is 14.1. The van der Waals surface area contributed by atoms with Crippen molar-refractivity contribution in [1.82, 2.24) is 4.90 Å². The lowest BCUT2D eigenvalue weighted by molar-refractivity contribution is -0.139. The molecule has 30 heavy (non-hydrogen) atoms. The largest absolute Gasteiger partial charge is 0.416 e. The highest BCUT2D eigenvalue weighted by Gasteiger charge is 2.45. The first kappa shape index (κ1) is 22.3. The second-order valence-corrected chi connectivity index (χ2v) is 8.41. The Morgan fingerprint density at radius 3 is 2.40 bits per heavy atom. The van der Waals surface area contributed by atoms with Crippen molar-refractivity contribution in [3.8, 4) is 0 Å². The summed E-state index contributed by atoms with van der Waals surface area (Å²) in [5, 5.41) is 2.74. The SMILES string of the molecule is CN(CC(=O)Nc1ccccc1Br)C(=O)C1(c2cccc(C(F)(F)F)c2)CCCC1. The van der Waals surface area contributed by atoms with Crippen LogP contribution in [0.15, 0.2) is 53.0 Å². The van der Waals surface area contributed by atoms with Crippen molar-refractivity contribution < 1.29 is 22.8 Å². The van der Waals surface area contributed by atoms with Crippen LogP contribution in [-0.4, -0.2) is 30.3 Å². The van der Waals surface area contributed by atoms with E-state index in [1.54, 1.807) is 24.3 Å². The highest BCUT2D eigenvalue weighted by atomic mass is 79.9. The van der Waals surface area contributed by atoms with Gasteiger partial charge in [-0.05, 0) is 52.5 Å². The number of carbonyl (C=O) groups is 2. The minimum Gasteiger partial charge on any atom is -0.336 e. The molecule has 0 spiro atoms. The summed E-state index contributed by atoms with van der Waals surface area (Å²) in [5.41, 5.74) is -0.869. The molecule has 0 atom stereocenters. The molecule has 4 nitrogen and oxygen atoms in total. The van der Waals surface area contributed by atoms with Gasteiger partial charge in [-0.2, -0.15) is 13.2 Å². The van der Waals surface area contributed by atoms with Gasteiger partial charge in [0.05, 0.1) is 23.2 Å². The maximum atomic E-state index is 13.3. The Hall–Kier alpha value is -2.35. The number of halogens is 4. The number of nitrogens with one attached hydrogen (secondary N) is 1. The summed E-state index contributed by atoms with van der Waals surface area (Å²) < 4.78 is 40.3. The van der Waals surface area contributed by atoms with Crippen molar-refractivity contribution in [1.29, 1.82) is 0 Å². The fourth-order valence-corrected chi connectivity index (χ4v) is 4.39. The first-order valence-electron chi connectivity index (χ1n) is 9.61. The number of hydrogen-bond donors (Lipinski definition) is 1. The van der Waals surface area contributed by atoms with Gasteiger partial charge in [-0.15, -0.1) is 0 Å². The second-order valence-electron chi connectivity index (χ2n) is 7.56. The van der Waals surface area contributed by atoms with Gasteiger partial charge in [-0.25, -0.2) is 0 Å². The van der Waals surface area contributed by atoms with Crippen molar-refractivity contribution >= 4 is 33.4 Å². The molecule has 8 heteroatoms. The van der Waals surface area contributed by atoms with Crippen molar-refractivity contribution in [3.63, 3.8) is 0 Å². The quantitative estimate of drug-likeness (QED) is 0.621. The molecule has 2 aromatic carbocycles. The number of alkyl halides is 3. The number of rotatable bonds is 5. The van der Waals surface area contributed by atoms with Gasteiger partial charge in [-0.1, -0.05) is 43.2 Å². The van der Waals surface area contributed by atoms with Gasteiger partial charge in [0, 0.05) is 11.5 Å². The number of likely N-dealkylation sites (N-methyl/N-ethyl adjacent to an activating group) is 1. The van der Waals surface area contributed by atoms with Gasteiger partial charge in [0.15, 0.2) is 0 Å². The molecule has 1 aliphatic carbocycles. The molecule has 1 N–H and O–H groups in total. The minimum absolute atomic E-state index is 0.194. The third-order valence-corrected chi connectivity index (χ3v) is 6.18. The van der Waals surface area contributed by atoms with E-state index >= 15 is 0 Å². The standard InChI is InChI=1S/C22H22BrF3N2O2/c1-28(14-19(29)27-18-10-3-2-9-17(18)23)20(30)21(11-4-5-12-21)15-7-6-8-16(13-15)22(24,25)26/h2-3,6-10,13H,4-5,11-12,14H2,1H3,(H,27,29). The lowest BCUT2D eigenvalue weighted by atomic mass is 9.77. The topological polar surface area (TPSA) is 49.4 Å². The van der Waals surface area contributed by atoms with Crippen LogP contribution in [0.5, 0.6) is 0 Å². The van der Waals surface area contributed by atoms with Gasteiger partial charge in [0.25, 0.3) is 0 Å². The van der Waals surface area contributed by atoms with E-state index in [9.17, 15) is 22.8 Å². The highest BCUT2D eigenvalue weighted by Crippen LogP contribution is 2.44. The van der Waals surface area contributed by atoms with Crippen LogP contribution < -0.4 is 5.32 Å². The van der Waals surface area contributed by atoms with Crippen LogP contribution in [0, 0.1) is 0 Å². The number of nitrogens with zero attached hydrogens (tertiary/aromatic N) is 1. The molecule has 0 radical (unpaired) electrons. The maximum Gasteiger partial charge on any atom is 0.416 e. The summed E-state index contributed by atoms with van der Waals surface area (Å²) in [5.74, 6) is -0.712. The molecule has 0 aliphatic heterocycles. The predicted octanol–water partition coefficient (Wildman–Crippen LogP) is 5.38. The zero-order valence-corrected chi connectivity index (χ0v) is 18.0. The Kier molecular flexibility index (Phi) is 6.55. The summed E-state index contributed by atoms with van der Waals surface area (Å²) in [6.07, 6.45) is -2.06. The molecule has 160 valence electrons. The molecule has 3 rings (SSSR count). The zero-order chi connectivity index (χ0) is 21.9. The monoisotopic (exact) mass is 482 g/mol. The van der Waals surface area contributed by atoms with E-state index in [-0.39, 0.29) is 18.4 Å². The lowest BCUT2D eigenvalue weighted by Gasteiger charge is -2.33. The maximum absolute atomic E-state index is 13.3. The van der Waals surface area contributed by atoms with E-state index in [1.807, 2.05) is 6.07 Å². The normalized spacial score (nSPS) is 15.6. The Bertz CT molecular complexity index is 940. The summed E-state index contributed by atoms with van der Waals surface area (Å²) in [6, 6.07) is 12.1. The predicted molar refractivity (Wildman–Crippen MR) is 112 cm³/mol. The van der Waals surface area contributed by atoms with Crippen LogP contribution in [0.1, 0.15) is 36.8 Å². The molecule has 0 bridgehead atoms. The number of hydrogen-bond acceptors (Lipinski definition) is 2. The number of carbonyl (C=O) groups excluding carboxylic acids is 2. The summed E-state index contributed by atoms with van der Waals surface area (Å²) in [4.78, 5) is 27.1. The average Bonchev–Trinajstić information content (AvgIpc) is 3.19. The fraction of sp³-hybridized carbons (Fsp3) is 0.364. The molecule has 0 heterocycles. The molecule has 1 saturated carbocycles. The lowest BCUT2D eigenvalue weighted by Crippen LogP contribution is -2.46. The Morgan fingerprint density at radius 2 is 1.77 bits per heavy atom. The smallest absolute Gasteiger partial charge is 0.336 e. The minimum atomic E-state index is -4.48. The Labute approximate surface area is 181 Å². The number of anilines is 1. The van der Waals surface area contributed by atoms with Crippen LogP contribution in [0.4, 0.5) is 18.9 Å². The molecular weight excluding hydrogens is 461 g/mol. The van der Waals surface area contributed by atoms with Gasteiger partial charge >= 0.3 is 6.18 Å². The molecule has 2 amide bonds. The second kappa shape index (κ2) is 8.79. The van der Waals surface area contributed by atoms with Gasteiger partial charge in [0.1, 0.15) is 0 Å². The molecule has 0 saturated heterocycles. The molecular formula is C22H22BrF3N2O2. The number of amides is 2. The van der Waals surface area contributed by atoms with Crippen molar-refractivity contribution in [2.24, 2.45) is 0 Å². The third-order valence-electron chi connectivity index (χ3n) is 5.48. The average molecular weight is 483 g/mol. The molecule has 0 aromatic heterocycles. The van der Waals surface area contributed by atoms with Crippen LogP contribution >= 0.6 is 15.9 Å². The van der Waals surface area contributed by atoms with Gasteiger partial charge in [-0.3, -0.25) is 9.59 Å². The Balaban J connectivity index is 1.80. The van der Waals surface area contributed by atoms with Crippen LogP contribution in [0.3, 0.4) is 0 Å². The van der Waals surface area contributed by atoms with Crippen LogP contribution in [0.2, 0.25) is 0 Å². The summed E-state index contributed by atoms with van der Waals surface area (Å²) in [7, 11) is 1.51. The van der Waals surface area contributed by atoms with Crippen LogP contribution in [-0.2, 0) is 21.2 Å². The number of benzene rings is 2. The number of para-hydroxylation sites is 1. The Morgan fingerprint density at radius 1 is 1.10 bits per heavy atom. The third kappa shape index (κ3) is 4.69. The van der Waals surface area contributed by atoms with Crippen molar-refractivity contribution in [2.75, 3.05) is 18.9 Å². The van der Waals surface area contributed by atoms with E-state index < -0.39 is 17.2 Å². The van der Waals surface area contributed by atoms with E-state index in [0.29, 0.717) is 28.6 Å². The van der Waals surface area contributed by atoms with E-state index in [1.165, 1.54) is 18.0 Å². The van der Waals surface area contributed by atoms with E-state index in [2.05, 4.69) is 21.2 Å². The highest BCUT2D eigenvalue weighted by molar-refractivity contribution is 9.10. The van der Waals surface area contributed by atoms with Gasteiger partial charge in [0.2, 0.25) is 11.8 Å². The van der Waals surface area contributed by atoms with Crippen LogP contribution in [0.25, 0.3) is 0 Å². The summed E-state index contributed by atoms with van der Waals surface area (Å²) in [6.45, 7) is -0.194. The zero-order valence-electron chi connectivity index (χ0n) is 16.4. The van der Waals surface area contributed by atoms with E-state index in [4.69, 9.17) is 0 Å². The first-order valence-corrected chi connectivity index (χ1v) is 10.4. The fourth-order valence-electron chi connectivity index (χ4n) is 4.00.